The second-order valence-electron chi connectivity index (χ2n) is 4.35. The Labute approximate surface area is 102 Å². The second-order valence-corrected chi connectivity index (χ2v) is 4.35. The van der Waals surface area contributed by atoms with E-state index in [1.807, 2.05) is 23.0 Å². The van der Waals surface area contributed by atoms with Crippen LogP contribution in [0.4, 0.5) is 0 Å². The Morgan fingerprint density at radius 3 is 2.71 bits per heavy atom. The number of aromatic nitrogens is 2. The Kier molecular flexibility index (Phi) is 3.59. The van der Waals surface area contributed by atoms with Gasteiger partial charge >= 0.3 is 0 Å². The summed E-state index contributed by atoms with van der Waals surface area (Å²) in [6.07, 6.45) is 3.98. The highest BCUT2D eigenvalue weighted by molar-refractivity contribution is 5.41. The van der Waals surface area contributed by atoms with E-state index in [9.17, 15) is 0 Å². The molecule has 2 rings (SSSR count). The lowest BCUT2D eigenvalue weighted by Gasteiger charge is -2.08. The molecule has 2 N–H and O–H groups in total. The standard InChI is InChI=1S/C14H19N3/c1-11-6-3-4-8-14(11)17-12(2)13(10-16-17)7-5-9-15/h3-4,6,8,10H,5,7,9,15H2,1-2H3. The van der Waals surface area contributed by atoms with E-state index in [1.165, 1.54) is 16.8 Å². The number of hydrogen-bond donors (Lipinski definition) is 1. The summed E-state index contributed by atoms with van der Waals surface area (Å²) >= 11 is 0. The third-order valence-corrected chi connectivity index (χ3v) is 3.11. The molecule has 0 atom stereocenters. The van der Waals surface area contributed by atoms with Gasteiger partial charge in [0.1, 0.15) is 0 Å². The lowest BCUT2D eigenvalue weighted by molar-refractivity contribution is 0.813. The quantitative estimate of drug-likeness (QED) is 0.874. The molecule has 0 saturated heterocycles. The highest BCUT2D eigenvalue weighted by atomic mass is 15.3. The Morgan fingerprint density at radius 2 is 2.00 bits per heavy atom. The number of para-hydroxylation sites is 1. The number of hydrogen-bond acceptors (Lipinski definition) is 2. The Bertz CT molecular complexity index is 500. The second kappa shape index (κ2) is 5.15. The van der Waals surface area contributed by atoms with E-state index in [4.69, 9.17) is 5.73 Å². The zero-order chi connectivity index (χ0) is 12.3. The van der Waals surface area contributed by atoms with Crippen LogP contribution in [0.1, 0.15) is 23.2 Å². The van der Waals surface area contributed by atoms with E-state index in [2.05, 4.69) is 31.1 Å². The summed E-state index contributed by atoms with van der Waals surface area (Å²) in [4.78, 5) is 0. The van der Waals surface area contributed by atoms with Crippen LogP contribution >= 0.6 is 0 Å². The molecule has 1 aromatic heterocycles. The minimum Gasteiger partial charge on any atom is -0.330 e. The zero-order valence-corrected chi connectivity index (χ0v) is 10.5. The van der Waals surface area contributed by atoms with Crippen LogP contribution < -0.4 is 5.73 Å². The van der Waals surface area contributed by atoms with Crippen molar-refractivity contribution in [3.8, 4) is 5.69 Å². The van der Waals surface area contributed by atoms with Crippen LogP contribution in [-0.4, -0.2) is 16.3 Å². The average Bonchev–Trinajstić information content (AvgIpc) is 2.69. The first-order valence-electron chi connectivity index (χ1n) is 6.03. The molecule has 3 heteroatoms. The number of nitrogens with zero attached hydrogens (tertiary/aromatic N) is 2. The van der Waals surface area contributed by atoms with E-state index in [1.54, 1.807) is 0 Å². The average molecular weight is 229 g/mol. The third-order valence-electron chi connectivity index (χ3n) is 3.11. The first-order valence-corrected chi connectivity index (χ1v) is 6.03. The van der Waals surface area contributed by atoms with Crippen LogP contribution in [0.25, 0.3) is 5.69 Å². The fourth-order valence-electron chi connectivity index (χ4n) is 2.03. The predicted octanol–water partition coefficient (Wildman–Crippen LogP) is 2.38. The Morgan fingerprint density at radius 1 is 1.24 bits per heavy atom. The summed E-state index contributed by atoms with van der Waals surface area (Å²) < 4.78 is 2.02. The first-order chi connectivity index (χ1) is 8.24. The van der Waals surface area contributed by atoms with Crippen molar-refractivity contribution in [1.82, 2.24) is 9.78 Å². The Balaban J connectivity index is 2.34. The smallest absolute Gasteiger partial charge is 0.0677 e. The summed E-state index contributed by atoms with van der Waals surface area (Å²) in [5.41, 5.74) is 10.4. The predicted molar refractivity (Wildman–Crippen MR) is 70.4 cm³/mol. The van der Waals surface area contributed by atoms with E-state index < -0.39 is 0 Å². The first kappa shape index (κ1) is 11.9. The summed E-state index contributed by atoms with van der Waals surface area (Å²) in [6, 6.07) is 8.30. The topological polar surface area (TPSA) is 43.8 Å². The van der Waals surface area contributed by atoms with Crippen molar-refractivity contribution in [2.75, 3.05) is 6.54 Å². The van der Waals surface area contributed by atoms with E-state index in [-0.39, 0.29) is 0 Å². The van der Waals surface area contributed by atoms with Crippen molar-refractivity contribution in [2.45, 2.75) is 26.7 Å². The molecule has 0 unspecified atom stereocenters. The van der Waals surface area contributed by atoms with Gasteiger partial charge in [-0.3, -0.25) is 0 Å². The van der Waals surface area contributed by atoms with Crippen molar-refractivity contribution < 1.29 is 0 Å². The summed E-state index contributed by atoms with van der Waals surface area (Å²) in [5, 5.41) is 4.48. The molecule has 0 aliphatic heterocycles. The van der Waals surface area contributed by atoms with Gasteiger partial charge in [-0.25, -0.2) is 4.68 Å². The molecule has 0 fully saturated rings. The molecule has 0 radical (unpaired) electrons. The van der Waals surface area contributed by atoms with Gasteiger partial charge < -0.3 is 5.73 Å². The SMILES string of the molecule is Cc1ccccc1-n1ncc(CCCN)c1C. The van der Waals surface area contributed by atoms with Gasteiger partial charge in [-0.2, -0.15) is 5.10 Å². The minimum atomic E-state index is 0.731. The molecule has 0 aliphatic carbocycles. The molecule has 0 saturated carbocycles. The van der Waals surface area contributed by atoms with Gasteiger partial charge in [0.25, 0.3) is 0 Å². The monoisotopic (exact) mass is 229 g/mol. The third kappa shape index (κ3) is 2.39. The highest BCUT2D eigenvalue weighted by Gasteiger charge is 2.08. The normalized spacial score (nSPS) is 10.8. The molecule has 3 nitrogen and oxygen atoms in total. The summed E-state index contributed by atoms with van der Waals surface area (Å²) in [5.74, 6) is 0. The number of aryl methyl sites for hydroxylation is 2. The van der Waals surface area contributed by atoms with E-state index >= 15 is 0 Å². The van der Waals surface area contributed by atoms with Gasteiger partial charge in [0.15, 0.2) is 0 Å². The van der Waals surface area contributed by atoms with Gasteiger partial charge in [-0.1, -0.05) is 18.2 Å². The fourth-order valence-corrected chi connectivity index (χ4v) is 2.03. The van der Waals surface area contributed by atoms with Gasteiger partial charge in [-0.15, -0.1) is 0 Å². The van der Waals surface area contributed by atoms with Crippen LogP contribution in [0.2, 0.25) is 0 Å². The van der Waals surface area contributed by atoms with Crippen molar-refractivity contribution in [2.24, 2.45) is 5.73 Å². The lowest BCUT2D eigenvalue weighted by atomic mass is 10.1. The number of nitrogens with two attached hydrogens (primary N) is 1. The van der Waals surface area contributed by atoms with Crippen molar-refractivity contribution in [1.29, 1.82) is 0 Å². The maximum absolute atomic E-state index is 5.54. The maximum atomic E-state index is 5.54. The minimum absolute atomic E-state index is 0.731. The molecular formula is C14H19N3. The van der Waals surface area contributed by atoms with Crippen LogP contribution in [0.3, 0.4) is 0 Å². The summed E-state index contributed by atoms with van der Waals surface area (Å²) in [6.45, 7) is 4.95. The highest BCUT2D eigenvalue weighted by Crippen LogP contribution is 2.18. The maximum Gasteiger partial charge on any atom is 0.0677 e. The van der Waals surface area contributed by atoms with Crippen molar-refractivity contribution in [3.63, 3.8) is 0 Å². The molecular weight excluding hydrogens is 210 g/mol. The van der Waals surface area contributed by atoms with Crippen LogP contribution in [-0.2, 0) is 6.42 Å². The fraction of sp³-hybridized carbons (Fsp3) is 0.357. The van der Waals surface area contributed by atoms with E-state index in [0.29, 0.717) is 0 Å². The lowest BCUT2D eigenvalue weighted by Crippen LogP contribution is -2.03. The van der Waals surface area contributed by atoms with Crippen molar-refractivity contribution in [3.05, 3.63) is 47.3 Å². The van der Waals surface area contributed by atoms with Gasteiger partial charge in [-0.05, 0) is 50.4 Å². The Hall–Kier alpha value is -1.61. The zero-order valence-electron chi connectivity index (χ0n) is 10.5. The van der Waals surface area contributed by atoms with E-state index in [0.717, 1.165) is 25.1 Å². The van der Waals surface area contributed by atoms with Crippen LogP contribution in [0, 0.1) is 13.8 Å². The molecule has 90 valence electrons. The van der Waals surface area contributed by atoms with Gasteiger partial charge in [0, 0.05) is 5.69 Å². The number of benzene rings is 1. The van der Waals surface area contributed by atoms with Gasteiger partial charge in [0.05, 0.1) is 11.9 Å². The van der Waals surface area contributed by atoms with Crippen LogP contribution in [0.5, 0.6) is 0 Å². The number of rotatable bonds is 4. The molecule has 1 aromatic carbocycles. The molecule has 1 heterocycles. The molecule has 0 amide bonds. The van der Waals surface area contributed by atoms with Gasteiger partial charge in [0.2, 0.25) is 0 Å². The van der Waals surface area contributed by atoms with Crippen LogP contribution in [0.15, 0.2) is 30.5 Å². The molecule has 0 spiro atoms. The largest absolute Gasteiger partial charge is 0.330 e. The molecule has 17 heavy (non-hydrogen) atoms. The molecule has 0 bridgehead atoms. The van der Waals surface area contributed by atoms with Crippen molar-refractivity contribution >= 4 is 0 Å². The molecule has 0 aliphatic rings. The molecule has 2 aromatic rings. The summed E-state index contributed by atoms with van der Waals surface area (Å²) in [7, 11) is 0.